The van der Waals surface area contributed by atoms with Gasteiger partial charge in [-0.2, -0.15) is 0 Å². The fraction of sp³-hybridized carbons (Fsp3) is 0.292. The number of amides is 1. The summed E-state index contributed by atoms with van der Waals surface area (Å²) >= 11 is 0. The molecule has 3 aromatic rings. The van der Waals surface area contributed by atoms with Crippen LogP contribution in [0.4, 0.5) is 11.6 Å². The number of fused-ring (bicyclic) bond motifs is 1. The minimum absolute atomic E-state index is 0.206. The summed E-state index contributed by atoms with van der Waals surface area (Å²) in [4.78, 5) is 24.3. The number of hydrogen-bond acceptors (Lipinski definition) is 4. The second-order valence-electron chi connectivity index (χ2n) is 7.83. The summed E-state index contributed by atoms with van der Waals surface area (Å²) in [5.74, 6) is 0.728. The van der Waals surface area contributed by atoms with Gasteiger partial charge in [0.25, 0.3) is 5.91 Å². The molecule has 1 N–H and O–H groups in total. The quantitative estimate of drug-likeness (QED) is 0.705. The van der Waals surface area contributed by atoms with Crippen molar-refractivity contribution >= 4 is 17.5 Å². The first-order chi connectivity index (χ1) is 14.0. The van der Waals surface area contributed by atoms with Gasteiger partial charge in [0.05, 0.1) is 0 Å². The molecule has 2 heterocycles. The first-order valence-corrected chi connectivity index (χ1v) is 10.1. The molecule has 0 aliphatic carbocycles. The SMILES string of the molecule is Cc1cc(C(=O)Nc2ccccc2C(C)C)nc(N2CCc3ccccc3C2)n1. The van der Waals surface area contributed by atoms with Crippen molar-refractivity contribution in [3.8, 4) is 0 Å². The molecule has 5 heteroatoms. The molecule has 0 unspecified atom stereocenters. The first-order valence-electron chi connectivity index (χ1n) is 10.1. The van der Waals surface area contributed by atoms with E-state index < -0.39 is 0 Å². The largest absolute Gasteiger partial charge is 0.336 e. The van der Waals surface area contributed by atoms with Crippen molar-refractivity contribution in [3.63, 3.8) is 0 Å². The fourth-order valence-electron chi connectivity index (χ4n) is 3.78. The molecular weight excluding hydrogens is 360 g/mol. The van der Waals surface area contributed by atoms with Crippen molar-refractivity contribution < 1.29 is 4.79 Å². The molecule has 0 radical (unpaired) electrons. The fourth-order valence-corrected chi connectivity index (χ4v) is 3.78. The van der Waals surface area contributed by atoms with Crippen LogP contribution in [0.1, 0.15) is 52.6 Å². The van der Waals surface area contributed by atoms with Crippen LogP contribution in [0.15, 0.2) is 54.6 Å². The van der Waals surface area contributed by atoms with Gasteiger partial charge in [-0.25, -0.2) is 9.97 Å². The van der Waals surface area contributed by atoms with E-state index in [2.05, 4.69) is 58.3 Å². The molecule has 0 bridgehead atoms. The molecule has 1 aliphatic heterocycles. The lowest BCUT2D eigenvalue weighted by atomic mass is 10.0. The van der Waals surface area contributed by atoms with Gasteiger partial charge < -0.3 is 10.2 Å². The summed E-state index contributed by atoms with van der Waals surface area (Å²) in [6.45, 7) is 7.74. The molecule has 0 saturated heterocycles. The number of carbonyl (C=O) groups excluding carboxylic acids is 1. The molecular formula is C24H26N4O. The Labute approximate surface area is 171 Å². The number of anilines is 2. The number of carbonyl (C=O) groups is 1. The molecule has 148 valence electrons. The average Bonchev–Trinajstić information content (AvgIpc) is 2.73. The third kappa shape index (κ3) is 4.14. The standard InChI is InChI=1S/C24H26N4O/c1-16(2)20-10-6-7-11-21(20)26-23(29)22-14-17(3)25-24(27-22)28-13-12-18-8-4-5-9-19(18)15-28/h4-11,14,16H,12-13,15H2,1-3H3,(H,26,29). The van der Waals surface area contributed by atoms with Gasteiger partial charge >= 0.3 is 0 Å². The number of aryl methyl sites for hydroxylation is 1. The van der Waals surface area contributed by atoms with E-state index >= 15 is 0 Å². The zero-order valence-electron chi connectivity index (χ0n) is 17.1. The van der Waals surface area contributed by atoms with Crippen LogP contribution < -0.4 is 10.2 Å². The van der Waals surface area contributed by atoms with Crippen LogP contribution in [0.25, 0.3) is 0 Å². The first kappa shape index (κ1) is 19.1. The second-order valence-corrected chi connectivity index (χ2v) is 7.83. The number of aromatic nitrogens is 2. The van der Waals surface area contributed by atoms with Crippen LogP contribution in [0.3, 0.4) is 0 Å². The van der Waals surface area contributed by atoms with E-state index in [1.807, 2.05) is 31.2 Å². The molecule has 5 nitrogen and oxygen atoms in total. The van der Waals surface area contributed by atoms with Gasteiger partial charge in [-0.15, -0.1) is 0 Å². The van der Waals surface area contributed by atoms with Gasteiger partial charge in [-0.3, -0.25) is 4.79 Å². The third-order valence-electron chi connectivity index (χ3n) is 5.32. The number of para-hydroxylation sites is 1. The third-order valence-corrected chi connectivity index (χ3v) is 5.32. The second kappa shape index (κ2) is 8.03. The Kier molecular flexibility index (Phi) is 5.30. The minimum Gasteiger partial charge on any atom is -0.336 e. The number of nitrogens with one attached hydrogen (secondary N) is 1. The minimum atomic E-state index is -0.206. The smallest absolute Gasteiger partial charge is 0.274 e. The van der Waals surface area contributed by atoms with Gasteiger partial charge in [0.2, 0.25) is 5.95 Å². The maximum atomic E-state index is 13.0. The van der Waals surface area contributed by atoms with E-state index in [-0.39, 0.29) is 5.91 Å². The molecule has 2 aromatic carbocycles. The van der Waals surface area contributed by atoms with Crippen LogP contribution in [0.5, 0.6) is 0 Å². The van der Waals surface area contributed by atoms with Gasteiger partial charge in [-0.05, 0) is 48.1 Å². The molecule has 1 amide bonds. The van der Waals surface area contributed by atoms with Gasteiger partial charge in [-0.1, -0.05) is 56.3 Å². The highest BCUT2D eigenvalue weighted by molar-refractivity contribution is 6.03. The van der Waals surface area contributed by atoms with Crippen LogP contribution in [0, 0.1) is 6.92 Å². The van der Waals surface area contributed by atoms with E-state index in [4.69, 9.17) is 0 Å². The number of rotatable bonds is 4. The molecule has 1 aliphatic rings. The van der Waals surface area contributed by atoms with Gasteiger partial charge in [0.15, 0.2) is 0 Å². The van der Waals surface area contributed by atoms with Crippen LogP contribution in [0.2, 0.25) is 0 Å². The average molecular weight is 386 g/mol. The van der Waals surface area contributed by atoms with E-state index in [0.29, 0.717) is 17.6 Å². The van der Waals surface area contributed by atoms with Gasteiger partial charge in [0, 0.05) is 24.5 Å². The Bertz CT molecular complexity index is 1040. The maximum Gasteiger partial charge on any atom is 0.274 e. The van der Waals surface area contributed by atoms with Crippen molar-refractivity contribution in [3.05, 3.63) is 82.7 Å². The highest BCUT2D eigenvalue weighted by atomic mass is 16.1. The lowest BCUT2D eigenvalue weighted by molar-refractivity contribution is 0.102. The molecule has 29 heavy (non-hydrogen) atoms. The van der Waals surface area contributed by atoms with Crippen molar-refractivity contribution in [1.82, 2.24) is 9.97 Å². The Morgan fingerprint density at radius 1 is 1.03 bits per heavy atom. The van der Waals surface area contributed by atoms with E-state index in [0.717, 1.165) is 36.5 Å². The van der Waals surface area contributed by atoms with Crippen LogP contribution in [-0.4, -0.2) is 22.4 Å². The highest BCUT2D eigenvalue weighted by Crippen LogP contribution is 2.25. The topological polar surface area (TPSA) is 58.1 Å². The molecule has 4 rings (SSSR count). The van der Waals surface area contributed by atoms with E-state index in [9.17, 15) is 4.79 Å². The summed E-state index contributed by atoms with van der Waals surface area (Å²) in [5.41, 5.74) is 5.79. The van der Waals surface area contributed by atoms with Crippen molar-refractivity contribution in [1.29, 1.82) is 0 Å². The maximum absolute atomic E-state index is 13.0. The summed E-state index contributed by atoms with van der Waals surface area (Å²) in [6.07, 6.45) is 0.955. The number of benzene rings is 2. The number of nitrogens with zero attached hydrogens (tertiary/aromatic N) is 3. The van der Waals surface area contributed by atoms with Crippen molar-refractivity contribution in [2.75, 3.05) is 16.8 Å². The Hall–Kier alpha value is -3.21. The molecule has 0 fully saturated rings. The normalized spacial score (nSPS) is 13.3. The monoisotopic (exact) mass is 386 g/mol. The van der Waals surface area contributed by atoms with Crippen LogP contribution >= 0.6 is 0 Å². The predicted octanol–water partition coefficient (Wildman–Crippen LogP) is 4.72. The van der Waals surface area contributed by atoms with Gasteiger partial charge in [0.1, 0.15) is 5.69 Å². The molecule has 1 aromatic heterocycles. The molecule has 0 atom stereocenters. The summed E-state index contributed by atoms with van der Waals surface area (Å²) < 4.78 is 0. The Morgan fingerprint density at radius 3 is 2.55 bits per heavy atom. The van der Waals surface area contributed by atoms with E-state index in [1.165, 1.54) is 11.1 Å². The number of hydrogen-bond donors (Lipinski definition) is 1. The van der Waals surface area contributed by atoms with Crippen molar-refractivity contribution in [2.45, 2.75) is 39.7 Å². The summed E-state index contributed by atoms with van der Waals surface area (Å²) in [5, 5.41) is 3.03. The highest BCUT2D eigenvalue weighted by Gasteiger charge is 2.20. The van der Waals surface area contributed by atoms with Crippen molar-refractivity contribution in [2.24, 2.45) is 0 Å². The lowest BCUT2D eigenvalue weighted by Crippen LogP contribution is -2.32. The lowest BCUT2D eigenvalue weighted by Gasteiger charge is -2.29. The molecule has 0 spiro atoms. The Morgan fingerprint density at radius 2 is 1.76 bits per heavy atom. The van der Waals surface area contributed by atoms with E-state index in [1.54, 1.807) is 6.07 Å². The summed E-state index contributed by atoms with van der Waals surface area (Å²) in [6, 6.07) is 18.1. The zero-order valence-corrected chi connectivity index (χ0v) is 17.1. The molecule has 0 saturated carbocycles. The van der Waals surface area contributed by atoms with Crippen LogP contribution in [-0.2, 0) is 13.0 Å². The predicted molar refractivity (Wildman–Crippen MR) is 116 cm³/mol. The Balaban J connectivity index is 1.58. The zero-order chi connectivity index (χ0) is 20.4. The summed E-state index contributed by atoms with van der Waals surface area (Å²) in [7, 11) is 0.